The zero-order valence-electron chi connectivity index (χ0n) is 14.1. The Balaban J connectivity index is 1.47. The van der Waals surface area contributed by atoms with Crippen LogP contribution in [-0.2, 0) is 4.79 Å². The molecule has 0 fully saturated rings. The third kappa shape index (κ3) is 3.64. The number of hydrogen-bond acceptors (Lipinski definition) is 4. The van der Waals surface area contributed by atoms with Crippen LogP contribution >= 0.6 is 0 Å². The van der Waals surface area contributed by atoms with Crippen molar-refractivity contribution in [2.45, 2.75) is 12.8 Å². The first-order chi connectivity index (χ1) is 12.6. The van der Waals surface area contributed by atoms with Crippen LogP contribution in [0.25, 0.3) is 0 Å². The number of carbonyl (C=O) groups is 3. The van der Waals surface area contributed by atoms with Crippen molar-refractivity contribution < 1.29 is 14.4 Å². The third-order valence-corrected chi connectivity index (χ3v) is 4.10. The maximum Gasteiger partial charge on any atom is 0.261 e. The topological polar surface area (TPSA) is 92.5 Å². The van der Waals surface area contributed by atoms with Crippen molar-refractivity contribution >= 4 is 29.1 Å². The number of amides is 3. The van der Waals surface area contributed by atoms with E-state index in [0.717, 1.165) is 0 Å². The van der Waals surface area contributed by atoms with Gasteiger partial charge >= 0.3 is 0 Å². The molecule has 6 nitrogen and oxygen atoms in total. The van der Waals surface area contributed by atoms with Gasteiger partial charge in [-0.25, -0.2) is 0 Å². The van der Waals surface area contributed by atoms with E-state index in [1.54, 1.807) is 60.7 Å². The third-order valence-electron chi connectivity index (χ3n) is 4.10. The van der Waals surface area contributed by atoms with E-state index in [1.807, 2.05) is 0 Å². The average molecular weight is 349 g/mol. The van der Waals surface area contributed by atoms with Crippen molar-refractivity contribution in [2.24, 2.45) is 0 Å². The fourth-order valence-corrected chi connectivity index (χ4v) is 2.77. The predicted octanol–water partition coefficient (Wildman–Crippen LogP) is 2.84. The number of benzene rings is 2. The highest BCUT2D eigenvalue weighted by Gasteiger charge is 2.34. The first-order valence-corrected chi connectivity index (χ1v) is 8.32. The highest BCUT2D eigenvalue weighted by Crippen LogP contribution is 2.22. The monoisotopic (exact) mass is 349 g/mol. The van der Waals surface area contributed by atoms with Gasteiger partial charge in [0.2, 0.25) is 5.91 Å². The van der Waals surface area contributed by atoms with Crippen LogP contribution < -0.4 is 11.1 Å². The van der Waals surface area contributed by atoms with E-state index in [9.17, 15) is 14.4 Å². The summed E-state index contributed by atoms with van der Waals surface area (Å²) in [6, 6.07) is 13.8. The van der Waals surface area contributed by atoms with Crippen LogP contribution in [0.1, 0.15) is 33.6 Å². The van der Waals surface area contributed by atoms with E-state index in [4.69, 9.17) is 5.73 Å². The van der Waals surface area contributed by atoms with Crippen molar-refractivity contribution in [3.8, 4) is 0 Å². The van der Waals surface area contributed by atoms with Gasteiger partial charge in [-0.2, -0.15) is 0 Å². The molecular formula is C20H19N3O3. The zero-order valence-corrected chi connectivity index (χ0v) is 14.1. The zero-order chi connectivity index (χ0) is 18.5. The molecule has 26 heavy (non-hydrogen) atoms. The van der Waals surface area contributed by atoms with Gasteiger partial charge in [0.15, 0.2) is 0 Å². The summed E-state index contributed by atoms with van der Waals surface area (Å²) in [5.74, 6) is -0.715. The molecule has 0 atom stereocenters. The summed E-state index contributed by atoms with van der Waals surface area (Å²) < 4.78 is 0. The number of nitrogens with zero attached hydrogens (tertiary/aromatic N) is 1. The molecule has 0 bridgehead atoms. The first kappa shape index (κ1) is 17.4. The largest absolute Gasteiger partial charge is 0.397 e. The molecule has 0 aliphatic carbocycles. The molecule has 0 aromatic heterocycles. The fraction of sp³-hybridized carbons (Fsp3) is 0.150. The molecule has 2 aromatic carbocycles. The molecule has 0 spiro atoms. The number of nitrogens with one attached hydrogen (secondary N) is 1. The lowest BCUT2D eigenvalue weighted by molar-refractivity contribution is -0.115. The Morgan fingerprint density at radius 2 is 1.58 bits per heavy atom. The molecule has 0 radical (unpaired) electrons. The molecule has 0 saturated carbocycles. The molecule has 0 saturated heterocycles. The highest BCUT2D eigenvalue weighted by molar-refractivity contribution is 6.21. The van der Waals surface area contributed by atoms with Gasteiger partial charge in [0.25, 0.3) is 11.8 Å². The molecule has 1 aliphatic heterocycles. The Hall–Kier alpha value is -3.41. The number of fused-ring (bicyclic) bond motifs is 1. The van der Waals surface area contributed by atoms with Crippen molar-refractivity contribution in [3.63, 3.8) is 0 Å². The maximum absolute atomic E-state index is 12.2. The van der Waals surface area contributed by atoms with Crippen LogP contribution in [0, 0.1) is 0 Å². The molecule has 6 heteroatoms. The first-order valence-electron chi connectivity index (χ1n) is 8.32. The van der Waals surface area contributed by atoms with Crippen LogP contribution in [0.2, 0.25) is 0 Å². The van der Waals surface area contributed by atoms with Crippen LogP contribution in [0.4, 0.5) is 11.4 Å². The molecule has 3 amide bonds. The standard InChI is InChI=1S/C20H19N3O3/c21-16-10-5-6-11-17(16)22-18(24)12-2-1-7-13-23-19(25)14-8-3-4-9-15(14)20(23)26/h1-6,8-11H,7,12-13,21H2,(H,22,24)/b2-1+. The molecule has 1 aliphatic rings. The minimum absolute atomic E-state index is 0.181. The number of hydrogen-bond donors (Lipinski definition) is 2. The van der Waals surface area contributed by atoms with Gasteiger partial charge < -0.3 is 11.1 Å². The summed E-state index contributed by atoms with van der Waals surface area (Å²) in [6.07, 6.45) is 4.19. The van der Waals surface area contributed by atoms with Crippen molar-refractivity contribution in [1.82, 2.24) is 4.90 Å². The molecule has 3 N–H and O–H groups in total. The fourth-order valence-electron chi connectivity index (χ4n) is 2.77. The second kappa shape index (κ2) is 7.65. The highest BCUT2D eigenvalue weighted by atomic mass is 16.2. The van der Waals surface area contributed by atoms with Gasteiger partial charge in [-0.15, -0.1) is 0 Å². The smallest absolute Gasteiger partial charge is 0.261 e. The van der Waals surface area contributed by atoms with Crippen molar-refractivity contribution in [3.05, 3.63) is 71.8 Å². The number of rotatable bonds is 6. The molecule has 132 valence electrons. The molecule has 0 unspecified atom stereocenters. The SMILES string of the molecule is Nc1ccccc1NC(=O)C/C=C/CCN1C(=O)c2ccccc2C1=O. The molecule has 1 heterocycles. The Morgan fingerprint density at radius 1 is 0.962 bits per heavy atom. The number of para-hydroxylation sites is 2. The van der Waals surface area contributed by atoms with E-state index in [2.05, 4.69) is 5.32 Å². The number of imide groups is 1. The van der Waals surface area contributed by atoms with Crippen molar-refractivity contribution in [1.29, 1.82) is 0 Å². The summed E-state index contributed by atoms with van der Waals surface area (Å²) in [7, 11) is 0. The Kier molecular flexibility index (Phi) is 5.12. The molecular weight excluding hydrogens is 330 g/mol. The number of nitrogen functional groups attached to an aromatic ring is 1. The average Bonchev–Trinajstić information content (AvgIpc) is 2.88. The number of anilines is 2. The van der Waals surface area contributed by atoms with E-state index in [0.29, 0.717) is 28.9 Å². The van der Waals surface area contributed by atoms with Crippen LogP contribution in [-0.4, -0.2) is 29.2 Å². The maximum atomic E-state index is 12.2. The summed E-state index contributed by atoms with van der Waals surface area (Å²) in [4.78, 5) is 37.6. The molecule has 3 rings (SSSR count). The number of carbonyl (C=O) groups excluding carboxylic acids is 3. The van der Waals surface area contributed by atoms with E-state index in [-0.39, 0.29) is 30.7 Å². The van der Waals surface area contributed by atoms with Crippen LogP contribution in [0.5, 0.6) is 0 Å². The van der Waals surface area contributed by atoms with E-state index in [1.165, 1.54) is 4.90 Å². The summed E-state index contributed by atoms with van der Waals surface area (Å²) in [5, 5.41) is 2.73. The van der Waals surface area contributed by atoms with Gasteiger partial charge in [0.05, 0.1) is 22.5 Å². The lowest BCUT2D eigenvalue weighted by atomic mass is 10.1. The Morgan fingerprint density at radius 3 is 2.23 bits per heavy atom. The summed E-state index contributed by atoms with van der Waals surface area (Å²) >= 11 is 0. The lowest BCUT2D eigenvalue weighted by Gasteiger charge is -2.11. The van der Waals surface area contributed by atoms with Crippen LogP contribution in [0.15, 0.2) is 60.7 Å². The van der Waals surface area contributed by atoms with Gasteiger partial charge in [0, 0.05) is 13.0 Å². The van der Waals surface area contributed by atoms with Gasteiger partial charge in [-0.05, 0) is 30.7 Å². The second-order valence-electron chi connectivity index (χ2n) is 5.91. The summed E-state index contributed by atoms with van der Waals surface area (Å²) in [5.41, 5.74) is 7.76. The Bertz CT molecular complexity index is 854. The van der Waals surface area contributed by atoms with E-state index < -0.39 is 0 Å². The molecule has 2 aromatic rings. The lowest BCUT2D eigenvalue weighted by Crippen LogP contribution is -2.30. The normalized spacial score (nSPS) is 13.3. The number of nitrogens with two attached hydrogens (primary N) is 1. The van der Waals surface area contributed by atoms with Crippen molar-refractivity contribution in [2.75, 3.05) is 17.6 Å². The Labute approximate surface area is 151 Å². The predicted molar refractivity (Wildman–Crippen MR) is 99.7 cm³/mol. The van der Waals surface area contributed by atoms with Gasteiger partial charge in [0.1, 0.15) is 0 Å². The quantitative estimate of drug-likeness (QED) is 0.476. The summed E-state index contributed by atoms with van der Waals surface area (Å²) in [6.45, 7) is 0.288. The van der Waals surface area contributed by atoms with Crippen LogP contribution in [0.3, 0.4) is 0 Å². The van der Waals surface area contributed by atoms with Gasteiger partial charge in [-0.1, -0.05) is 36.4 Å². The minimum atomic E-state index is -0.267. The minimum Gasteiger partial charge on any atom is -0.397 e. The van der Waals surface area contributed by atoms with Gasteiger partial charge in [-0.3, -0.25) is 19.3 Å². The van der Waals surface area contributed by atoms with E-state index >= 15 is 0 Å². The second-order valence-corrected chi connectivity index (χ2v) is 5.91.